The largest absolute Gasteiger partial charge is 0.481 e. The maximum atomic E-state index is 10.2. The summed E-state index contributed by atoms with van der Waals surface area (Å²) in [5.74, 6) is -1.24. The average molecular weight is 132 g/mol. The highest BCUT2D eigenvalue weighted by Gasteiger charge is 2.17. The van der Waals surface area contributed by atoms with E-state index in [1.54, 1.807) is 13.8 Å². The lowest BCUT2D eigenvalue weighted by Crippen LogP contribution is -2.24. The van der Waals surface area contributed by atoms with Gasteiger partial charge in [-0.25, -0.2) is 0 Å². The summed E-state index contributed by atoms with van der Waals surface area (Å²) in [6, 6.07) is 0. The lowest BCUT2D eigenvalue weighted by atomic mass is 10.1. The molecule has 0 aromatic rings. The minimum Gasteiger partial charge on any atom is -0.481 e. The Bertz CT molecular complexity index is 100. The molecule has 0 amide bonds. The third-order valence-corrected chi connectivity index (χ3v) is 1.47. The second-order valence-electron chi connectivity index (χ2n) is 2.07. The molecule has 0 saturated carbocycles. The van der Waals surface area contributed by atoms with Crippen molar-refractivity contribution in [1.82, 2.24) is 0 Å². The van der Waals surface area contributed by atoms with E-state index in [4.69, 9.17) is 9.84 Å². The Balaban J connectivity index is 3.72. The SMILES string of the molecule is CO[C@H](C)[C@H](C)C(=O)O. The predicted molar refractivity (Wildman–Crippen MR) is 33.3 cm³/mol. The van der Waals surface area contributed by atoms with Crippen molar-refractivity contribution < 1.29 is 14.6 Å². The molecule has 0 spiro atoms. The molecule has 0 fully saturated rings. The van der Waals surface area contributed by atoms with Crippen LogP contribution < -0.4 is 0 Å². The van der Waals surface area contributed by atoms with E-state index in [1.165, 1.54) is 7.11 Å². The lowest BCUT2D eigenvalue weighted by molar-refractivity contribution is -0.145. The molecule has 3 heteroatoms. The molecule has 0 heterocycles. The number of hydrogen-bond acceptors (Lipinski definition) is 2. The Morgan fingerprint density at radius 2 is 2.00 bits per heavy atom. The Morgan fingerprint density at radius 3 is 2.11 bits per heavy atom. The predicted octanol–water partition coefficient (Wildman–Crippen LogP) is 0.742. The fourth-order valence-corrected chi connectivity index (χ4v) is 0.405. The van der Waals surface area contributed by atoms with Crippen LogP contribution in [0.2, 0.25) is 0 Å². The van der Waals surface area contributed by atoms with Crippen LogP contribution >= 0.6 is 0 Å². The van der Waals surface area contributed by atoms with E-state index in [9.17, 15) is 4.79 Å². The first kappa shape index (κ1) is 8.43. The van der Waals surface area contributed by atoms with E-state index in [2.05, 4.69) is 0 Å². The summed E-state index contributed by atoms with van der Waals surface area (Å²) in [7, 11) is 1.50. The van der Waals surface area contributed by atoms with Crippen LogP contribution in [0.4, 0.5) is 0 Å². The number of rotatable bonds is 3. The molecule has 54 valence electrons. The quantitative estimate of drug-likeness (QED) is 0.616. The van der Waals surface area contributed by atoms with E-state index in [1.807, 2.05) is 0 Å². The molecule has 3 nitrogen and oxygen atoms in total. The van der Waals surface area contributed by atoms with Crippen molar-refractivity contribution in [2.24, 2.45) is 5.92 Å². The number of hydrogen-bond donors (Lipinski definition) is 1. The van der Waals surface area contributed by atoms with Gasteiger partial charge in [0.15, 0.2) is 0 Å². The van der Waals surface area contributed by atoms with Gasteiger partial charge in [0.25, 0.3) is 0 Å². The normalized spacial score (nSPS) is 16.8. The monoisotopic (exact) mass is 132 g/mol. The topological polar surface area (TPSA) is 46.5 Å². The smallest absolute Gasteiger partial charge is 0.308 e. The molecule has 2 atom stereocenters. The van der Waals surface area contributed by atoms with Gasteiger partial charge in [-0.3, -0.25) is 4.79 Å². The number of methoxy groups -OCH3 is 1. The number of ether oxygens (including phenoxy) is 1. The molecular weight excluding hydrogens is 120 g/mol. The van der Waals surface area contributed by atoms with Crippen LogP contribution in [0.5, 0.6) is 0 Å². The molecule has 0 rings (SSSR count). The molecule has 0 aliphatic rings. The van der Waals surface area contributed by atoms with E-state index in [0.29, 0.717) is 0 Å². The summed E-state index contributed by atoms with van der Waals surface area (Å²) in [4.78, 5) is 10.2. The highest BCUT2D eigenvalue weighted by atomic mass is 16.5. The van der Waals surface area contributed by atoms with Crippen molar-refractivity contribution in [1.29, 1.82) is 0 Å². The zero-order valence-corrected chi connectivity index (χ0v) is 5.92. The van der Waals surface area contributed by atoms with Gasteiger partial charge in [0.05, 0.1) is 12.0 Å². The van der Waals surface area contributed by atoms with Crippen LogP contribution in [0, 0.1) is 5.92 Å². The summed E-state index contributed by atoms with van der Waals surface area (Å²) in [6.45, 7) is 3.36. The van der Waals surface area contributed by atoms with Crippen molar-refractivity contribution in [3.63, 3.8) is 0 Å². The maximum absolute atomic E-state index is 10.2. The number of aliphatic carboxylic acids is 1. The average Bonchev–Trinajstić information content (AvgIpc) is 1.84. The third-order valence-electron chi connectivity index (χ3n) is 1.47. The Hall–Kier alpha value is -0.570. The molecule has 0 saturated heterocycles. The van der Waals surface area contributed by atoms with Crippen LogP contribution in [-0.2, 0) is 9.53 Å². The first-order valence-corrected chi connectivity index (χ1v) is 2.85. The summed E-state index contributed by atoms with van der Waals surface area (Å²) in [5.41, 5.74) is 0. The van der Waals surface area contributed by atoms with Gasteiger partial charge in [-0.15, -0.1) is 0 Å². The number of carboxylic acids is 1. The van der Waals surface area contributed by atoms with Gasteiger partial charge in [0, 0.05) is 7.11 Å². The molecule has 1 N–H and O–H groups in total. The van der Waals surface area contributed by atoms with Gasteiger partial charge in [0.1, 0.15) is 0 Å². The zero-order chi connectivity index (χ0) is 7.44. The minimum atomic E-state index is -0.815. The molecule has 0 unspecified atom stereocenters. The van der Waals surface area contributed by atoms with Gasteiger partial charge in [-0.1, -0.05) is 0 Å². The van der Waals surface area contributed by atoms with Gasteiger partial charge in [-0.05, 0) is 13.8 Å². The molecular formula is C6H12O3. The standard InChI is InChI=1S/C6H12O3/c1-4(6(7)8)5(2)9-3/h4-5H,1-3H3,(H,7,8)/t4-,5+/m0/s1. The van der Waals surface area contributed by atoms with Gasteiger partial charge < -0.3 is 9.84 Å². The molecule has 9 heavy (non-hydrogen) atoms. The zero-order valence-electron chi connectivity index (χ0n) is 5.92. The lowest BCUT2D eigenvalue weighted by Gasteiger charge is -2.12. The molecule has 0 radical (unpaired) electrons. The Kier molecular flexibility index (Phi) is 3.24. The Labute approximate surface area is 54.6 Å². The summed E-state index contributed by atoms with van der Waals surface area (Å²) < 4.78 is 4.79. The van der Waals surface area contributed by atoms with E-state index in [0.717, 1.165) is 0 Å². The van der Waals surface area contributed by atoms with Crippen molar-refractivity contribution in [2.45, 2.75) is 20.0 Å². The van der Waals surface area contributed by atoms with E-state index >= 15 is 0 Å². The maximum Gasteiger partial charge on any atom is 0.308 e. The van der Waals surface area contributed by atoms with Crippen molar-refractivity contribution >= 4 is 5.97 Å². The first-order valence-electron chi connectivity index (χ1n) is 2.85. The summed E-state index contributed by atoms with van der Waals surface area (Å²) in [6.07, 6.45) is -0.206. The van der Waals surface area contributed by atoms with Crippen molar-refractivity contribution in [2.75, 3.05) is 7.11 Å². The van der Waals surface area contributed by atoms with Gasteiger partial charge in [-0.2, -0.15) is 0 Å². The second-order valence-corrected chi connectivity index (χ2v) is 2.07. The fraction of sp³-hybridized carbons (Fsp3) is 0.833. The first-order chi connectivity index (χ1) is 4.09. The molecule has 0 aliphatic carbocycles. The van der Waals surface area contributed by atoms with Gasteiger partial charge in [0.2, 0.25) is 0 Å². The Morgan fingerprint density at radius 1 is 1.56 bits per heavy atom. The van der Waals surface area contributed by atoms with E-state index in [-0.39, 0.29) is 6.10 Å². The van der Waals surface area contributed by atoms with Crippen LogP contribution in [0.25, 0.3) is 0 Å². The van der Waals surface area contributed by atoms with Crippen LogP contribution in [0.1, 0.15) is 13.8 Å². The molecule has 0 aromatic carbocycles. The van der Waals surface area contributed by atoms with Crippen LogP contribution in [-0.4, -0.2) is 24.3 Å². The fourth-order valence-electron chi connectivity index (χ4n) is 0.405. The van der Waals surface area contributed by atoms with Crippen molar-refractivity contribution in [3.05, 3.63) is 0 Å². The van der Waals surface area contributed by atoms with Crippen LogP contribution in [0.15, 0.2) is 0 Å². The third kappa shape index (κ3) is 2.46. The number of carboxylic acid groups (broad SMARTS) is 1. The highest BCUT2D eigenvalue weighted by molar-refractivity contribution is 5.70. The van der Waals surface area contributed by atoms with E-state index < -0.39 is 11.9 Å². The van der Waals surface area contributed by atoms with Crippen molar-refractivity contribution in [3.8, 4) is 0 Å². The molecule has 0 bridgehead atoms. The van der Waals surface area contributed by atoms with Gasteiger partial charge >= 0.3 is 5.97 Å². The molecule has 0 aromatic heterocycles. The van der Waals surface area contributed by atoms with Crippen LogP contribution in [0.3, 0.4) is 0 Å². The number of carbonyl (C=O) groups is 1. The highest BCUT2D eigenvalue weighted by Crippen LogP contribution is 2.04. The summed E-state index contributed by atoms with van der Waals surface area (Å²) >= 11 is 0. The second kappa shape index (κ2) is 3.45. The minimum absolute atomic E-state index is 0.206. The summed E-state index contributed by atoms with van der Waals surface area (Å²) in [5, 5.41) is 8.40. The molecule has 0 aliphatic heterocycles.